The van der Waals surface area contributed by atoms with E-state index in [4.69, 9.17) is 14.2 Å². The van der Waals surface area contributed by atoms with Crippen molar-refractivity contribution < 1.29 is 28.3 Å². The molecule has 0 aromatic rings. The fourth-order valence-corrected chi connectivity index (χ4v) is 2.50. The molecule has 0 aliphatic carbocycles. The molecular weight excluding hydrogens is 199 g/mol. The van der Waals surface area contributed by atoms with Gasteiger partial charge in [0.25, 0.3) is 0 Å². The topological polar surface area (TPSA) is 85.2 Å². The Morgan fingerprint density at radius 2 is 2.23 bits per heavy atom. The first-order valence-corrected chi connectivity index (χ1v) is 5.48. The van der Waals surface area contributed by atoms with Crippen molar-refractivity contribution in [2.45, 2.75) is 31.3 Å². The fourth-order valence-electron chi connectivity index (χ4n) is 1.54. The second-order valence-corrected chi connectivity index (χ2v) is 4.61. The van der Waals surface area contributed by atoms with Crippen molar-refractivity contribution in [2.24, 2.45) is 0 Å². The summed E-state index contributed by atoms with van der Waals surface area (Å²) >= 11 is 0. The summed E-state index contributed by atoms with van der Waals surface area (Å²) in [6.45, 7) is 1.66. The highest BCUT2D eigenvalue weighted by Gasteiger charge is 2.50. The van der Waals surface area contributed by atoms with E-state index in [1.165, 1.54) is 0 Å². The van der Waals surface area contributed by atoms with E-state index in [2.05, 4.69) is 4.52 Å². The molecule has 0 spiro atoms. The van der Waals surface area contributed by atoms with Crippen molar-refractivity contribution in [2.75, 3.05) is 6.61 Å². The standard InChI is InChI=1S/C6H11O6P/c1-3-5(7)6-4(11-3)2-10-13(8,9)12-6/h3-7H,2H2,1H3,(H,8,9)/t3-,4+,5+,6?/m0/s1. The average molecular weight is 210 g/mol. The quantitative estimate of drug-likeness (QED) is 0.531. The number of aliphatic hydroxyl groups is 1. The molecule has 0 saturated carbocycles. The van der Waals surface area contributed by atoms with E-state index in [0.29, 0.717) is 0 Å². The van der Waals surface area contributed by atoms with E-state index in [-0.39, 0.29) is 6.61 Å². The summed E-state index contributed by atoms with van der Waals surface area (Å²) < 4.78 is 25.4. The zero-order valence-electron chi connectivity index (χ0n) is 6.99. The van der Waals surface area contributed by atoms with Gasteiger partial charge in [0.15, 0.2) is 0 Å². The molecule has 2 aliphatic heterocycles. The molecular formula is C6H11O6P. The molecule has 5 atom stereocenters. The van der Waals surface area contributed by atoms with Gasteiger partial charge in [-0.3, -0.25) is 9.05 Å². The van der Waals surface area contributed by atoms with E-state index >= 15 is 0 Å². The van der Waals surface area contributed by atoms with Gasteiger partial charge in [0, 0.05) is 0 Å². The molecule has 2 unspecified atom stereocenters. The first kappa shape index (κ1) is 9.58. The van der Waals surface area contributed by atoms with Gasteiger partial charge < -0.3 is 14.7 Å². The molecule has 0 aromatic carbocycles. The van der Waals surface area contributed by atoms with Crippen molar-refractivity contribution >= 4 is 7.82 Å². The molecule has 2 heterocycles. The molecule has 7 heteroatoms. The molecule has 0 amide bonds. The third kappa shape index (κ3) is 1.66. The monoisotopic (exact) mass is 210 g/mol. The maximum Gasteiger partial charge on any atom is 0.472 e. The molecule has 2 aliphatic rings. The smallest absolute Gasteiger partial charge is 0.388 e. The Labute approximate surface area is 75.0 Å². The predicted octanol–water partition coefficient (Wildman–Crippen LogP) is -0.350. The van der Waals surface area contributed by atoms with Crippen LogP contribution in [0, 0.1) is 0 Å². The predicted molar refractivity (Wildman–Crippen MR) is 41.0 cm³/mol. The second kappa shape index (κ2) is 3.02. The number of phosphoric ester groups is 1. The summed E-state index contributed by atoms with van der Waals surface area (Å²) in [5, 5.41) is 9.49. The van der Waals surface area contributed by atoms with Crippen LogP contribution in [0.15, 0.2) is 0 Å². The number of rotatable bonds is 0. The Morgan fingerprint density at radius 1 is 1.54 bits per heavy atom. The maximum absolute atomic E-state index is 11.0. The van der Waals surface area contributed by atoms with Crippen LogP contribution in [0.1, 0.15) is 6.92 Å². The van der Waals surface area contributed by atoms with Crippen LogP contribution in [0.5, 0.6) is 0 Å². The van der Waals surface area contributed by atoms with E-state index < -0.39 is 32.2 Å². The molecule has 2 fully saturated rings. The van der Waals surface area contributed by atoms with Gasteiger partial charge in [-0.15, -0.1) is 0 Å². The summed E-state index contributed by atoms with van der Waals surface area (Å²) in [6, 6.07) is 0. The Kier molecular flexibility index (Phi) is 2.22. The van der Waals surface area contributed by atoms with Crippen LogP contribution in [0.3, 0.4) is 0 Å². The molecule has 76 valence electrons. The van der Waals surface area contributed by atoms with Crippen LogP contribution < -0.4 is 0 Å². The average Bonchev–Trinajstić information content (AvgIpc) is 2.29. The minimum atomic E-state index is -3.96. The van der Waals surface area contributed by atoms with Crippen molar-refractivity contribution in [3.05, 3.63) is 0 Å². The number of fused-ring (bicyclic) bond motifs is 1. The zero-order chi connectivity index (χ0) is 9.64. The molecule has 6 nitrogen and oxygen atoms in total. The third-order valence-electron chi connectivity index (χ3n) is 2.23. The van der Waals surface area contributed by atoms with E-state index in [1.807, 2.05) is 0 Å². The lowest BCUT2D eigenvalue weighted by atomic mass is 10.1. The van der Waals surface area contributed by atoms with Crippen molar-refractivity contribution in [1.29, 1.82) is 0 Å². The van der Waals surface area contributed by atoms with Crippen LogP contribution in [0.2, 0.25) is 0 Å². The summed E-state index contributed by atoms with van der Waals surface area (Å²) in [4.78, 5) is 8.97. The van der Waals surface area contributed by atoms with Gasteiger partial charge in [0.1, 0.15) is 18.3 Å². The van der Waals surface area contributed by atoms with Crippen LogP contribution in [-0.4, -0.2) is 41.0 Å². The van der Waals surface area contributed by atoms with Gasteiger partial charge in [-0.1, -0.05) is 0 Å². The Bertz CT molecular complexity index is 256. The van der Waals surface area contributed by atoms with Crippen LogP contribution >= 0.6 is 7.82 Å². The molecule has 2 saturated heterocycles. The Morgan fingerprint density at radius 3 is 2.92 bits per heavy atom. The molecule has 0 bridgehead atoms. The lowest BCUT2D eigenvalue weighted by molar-refractivity contribution is -0.0525. The highest BCUT2D eigenvalue weighted by molar-refractivity contribution is 7.47. The first-order valence-electron chi connectivity index (χ1n) is 3.99. The van der Waals surface area contributed by atoms with Crippen molar-refractivity contribution in [1.82, 2.24) is 0 Å². The van der Waals surface area contributed by atoms with E-state index in [9.17, 15) is 9.67 Å². The van der Waals surface area contributed by atoms with Gasteiger partial charge in [-0.05, 0) is 6.92 Å². The zero-order valence-corrected chi connectivity index (χ0v) is 7.89. The minimum absolute atomic E-state index is 0.0140. The lowest BCUT2D eigenvalue weighted by Crippen LogP contribution is -2.39. The molecule has 2 N–H and O–H groups in total. The number of phosphoric acid groups is 1. The highest BCUT2D eigenvalue weighted by atomic mass is 31.2. The lowest BCUT2D eigenvalue weighted by Gasteiger charge is -2.28. The van der Waals surface area contributed by atoms with Crippen LogP contribution in [-0.2, 0) is 18.3 Å². The van der Waals surface area contributed by atoms with Crippen LogP contribution in [0.4, 0.5) is 0 Å². The van der Waals surface area contributed by atoms with E-state index in [0.717, 1.165) is 0 Å². The van der Waals surface area contributed by atoms with E-state index in [1.54, 1.807) is 6.92 Å². The molecule has 2 rings (SSSR count). The van der Waals surface area contributed by atoms with Gasteiger partial charge in [0.05, 0.1) is 12.7 Å². The van der Waals surface area contributed by atoms with Crippen molar-refractivity contribution in [3.8, 4) is 0 Å². The van der Waals surface area contributed by atoms with Gasteiger partial charge in [-0.25, -0.2) is 4.57 Å². The summed E-state index contributed by atoms with van der Waals surface area (Å²) in [5.41, 5.74) is 0. The Hall–Kier alpha value is 0.0300. The van der Waals surface area contributed by atoms with Gasteiger partial charge in [0.2, 0.25) is 0 Å². The Balaban J connectivity index is 2.14. The van der Waals surface area contributed by atoms with Gasteiger partial charge >= 0.3 is 7.82 Å². The molecule has 0 aromatic heterocycles. The SMILES string of the molecule is C[C@@H]1O[C@@H]2COP(=O)(O)OC2[C@@H]1O. The number of hydrogen-bond acceptors (Lipinski definition) is 5. The van der Waals surface area contributed by atoms with Crippen LogP contribution in [0.25, 0.3) is 0 Å². The minimum Gasteiger partial charge on any atom is -0.388 e. The molecule has 13 heavy (non-hydrogen) atoms. The first-order chi connectivity index (χ1) is 5.99. The number of hydrogen-bond donors (Lipinski definition) is 2. The number of aliphatic hydroxyl groups excluding tert-OH is 1. The summed E-state index contributed by atoms with van der Waals surface area (Å²) in [6.07, 6.45) is -2.45. The molecule has 0 radical (unpaired) electrons. The third-order valence-corrected chi connectivity index (χ3v) is 3.22. The normalized spacial score (nSPS) is 56.2. The highest BCUT2D eigenvalue weighted by Crippen LogP contribution is 2.51. The van der Waals surface area contributed by atoms with Crippen molar-refractivity contribution in [3.63, 3.8) is 0 Å². The summed E-state index contributed by atoms with van der Waals surface area (Å²) in [5.74, 6) is 0. The largest absolute Gasteiger partial charge is 0.472 e. The maximum atomic E-state index is 11.0. The second-order valence-electron chi connectivity index (χ2n) is 3.20. The van der Waals surface area contributed by atoms with Gasteiger partial charge in [-0.2, -0.15) is 0 Å². The number of ether oxygens (including phenoxy) is 1. The fraction of sp³-hybridized carbons (Fsp3) is 1.00. The summed E-state index contributed by atoms with van der Waals surface area (Å²) in [7, 11) is -3.96.